The summed E-state index contributed by atoms with van der Waals surface area (Å²) in [4.78, 5) is 28.2. The lowest BCUT2D eigenvalue weighted by atomic mass is 10.1. The van der Waals surface area contributed by atoms with Gasteiger partial charge >= 0.3 is 0 Å². The van der Waals surface area contributed by atoms with Crippen molar-refractivity contribution in [3.8, 4) is 17.3 Å². The lowest BCUT2D eigenvalue weighted by Crippen LogP contribution is -2.31. The number of hydrogen-bond acceptors (Lipinski definition) is 8. The topological polar surface area (TPSA) is 123 Å². The number of fused-ring (bicyclic) bond motifs is 1. The van der Waals surface area contributed by atoms with Crippen LogP contribution >= 0.6 is 23.2 Å². The minimum absolute atomic E-state index is 0.267. The molecule has 4 rings (SSSR count). The van der Waals surface area contributed by atoms with Crippen molar-refractivity contribution in [3.63, 3.8) is 0 Å². The van der Waals surface area contributed by atoms with Crippen LogP contribution in [-0.4, -0.2) is 70.4 Å². The molecular weight excluding hydrogens is 513 g/mol. The maximum Gasteiger partial charge on any atom is 0.271 e. The number of amides is 1. The van der Waals surface area contributed by atoms with Crippen LogP contribution in [0.15, 0.2) is 48.8 Å². The summed E-state index contributed by atoms with van der Waals surface area (Å²) in [7, 11) is 3.88. The highest BCUT2D eigenvalue weighted by Gasteiger charge is 2.16. The van der Waals surface area contributed by atoms with Crippen molar-refractivity contribution in [1.82, 2.24) is 29.6 Å². The van der Waals surface area contributed by atoms with E-state index in [9.17, 15) is 4.79 Å². The third kappa shape index (κ3) is 6.65. The molecule has 0 radical (unpaired) electrons. The van der Waals surface area contributed by atoms with Crippen molar-refractivity contribution in [3.05, 3.63) is 70.1 Å². The van der Waals surface area contributed by atoms with Crippen LogP contribution in [0, 0.1) is 11.3 Å². The third-order valence-electron chi connectivity index (χ3n) is 5.34. The number of nitrogens with one attached hydrogen (secondary N) is 3. The van der Waals surface area contributed by atoms with Gasteiger partial charge in [-0.3, -0.25) is 9.20 Å². The number of benzene rings is 1. The van der Waals surface area contributed by atoms with Crippen LogP contribution in [0.5, 0.6) is 0 Å². The van der Waals surface area contributed by atoms with Crippen molar-refractivity contribution in [1.29, 1.82) is 5.26 Å². The predicted octanol–water partition coefficient (Wildman–Crippen LogP) is 3.79. The van der Waals surface area contributed by atoms with Gasteiger partial charge in [-0.15, -0.1) is 0 Å². The van der Waals surface area contributed by atoms with Crippen LogP contribution in [-0.2, 0) is 0 Å². The standard InChI is InChI=1S/C25H25Cl2N9O/c1-35(2)10-9-30-24(37)21-15-36-23(33-21)12-20(18-5-4-17(26)11-19(18)27)34-25(36)31-8-7-29-22-6-3-16(13-28)14-32-22/h3-6,11-12,14-15H,7-10H2,1-2H3,(H,29,32)(H,30,37)(H,31,34). The number of nitrogens with zero attached hydrogens (tertiary/aromatic N) is 6. The first-order valence-corrected chi connectivity index (χ1v) is 12.2. The molecule has 0 aliphatic rings. The van der Waals surface area contributed by atoms with Gasteiger partial charge < -0.3 is 20.9 Å². The second-order valence-corrected chi connectivity index (χ2v) is 9.24. The summed E-state index contributed by atoms with van der Waals surface area (Å²) in [6, 6.07) is 12.5. The SMILES string of the molecule is CN(C)CCNC(=O)c1cn2c(NCCNc3ccc(C#N)cn3)nc(-c3ccc(Cl)cc3Cl)cc2n1. The number of halogens is 2. The van der Waals surface area contributed by atoms with Crippen molar-refractivity contribution < 1.29 is 4.79 Å². The number of anilines is 2. The molecule has 190 valence electrons. The summed E-state index contributed by atoms with van der Waals surface area (Å²) < 4.78 is 1.73. The van der Waals surface area contributed by atoms with Gasteiger partial charge in [-0.05, 0) is 44.4 Å². The fraction of sp³-hybridized carbons (Fsp3) is 0.240. The number of pyridine rings is 1. The second-order valence-electron chi connectivity index (χ2n) is 8.40. The minimum Gasteiger partial charge on any atom is -0.368 e. The Bertz CT molecular complexity index is 1450. The van der Waals surface area contributed by atoms with E-state index in [0.29, 0.717) is 70.5 Å². The zero-order chi connectivity index (χ0) is 26.4. The van der Waals surface area contributed by atoms with Crippen LogP contribution in [0.25, 0.3) is 16.9 Å². The maximum absolute atomic E-state index is 12.7. The molecule has 12 heteroatoms. The van der Waals surface area contributed by atoms with Crippen LogP contribution in [0.2, 0.25) is 10.0 Å². The van der Waals surface area contributed by atoms with E-state index in [1.165, 1.54) is 6.20 Å². The summed E-state index contributed by atoms with van der Waals surface area (Å²) in [5.74, 6) is 0.879. The number of imidazole rings is 1. The van der Waals surface area contributed by atoms with E-state index in [2.05, 4.69) is 25.9 Å². The van der Waals surface area contributed by atoms with Gasteiger partial charge in [0.05, 0.1) is 16.3 Å². The van der Waals surface area contributed by atoms with E-state index >= 15 is 0 Å². The Morgan fingerprint density at radius 3 is 2.59 bits per heavy atom. The molecule has 0 aliphatic carbocycles. The highest BCUT2D eigenvalue weighted by Crippen LogP contribution is 2.31. The van der Waals surface area contributed by atoms with Crippen LogP contribution in [0.1, 0.15) is 16.1 Å². The molecule has 0 fully saturated rings. The van der Waals surface area contributed by atoms with E-state index in [4.69, 9.17) is 33.4 Å². The van der Waals surface area contributed by atoms with Crippen molar-refractivity contribution in [2.75, 3.05) is 50.9 Å². The normalized spacial score (nSPS) is 10.9. The summed E-state index contributed by atoms with van der Waals surface area (Å²) in [6.45, 7) is 2.24. The van der Waals surface area contributed by atoms with E-state index in [1.807, 2.05) is 25.1 Å². The number of carbonyl (C=O) groups is 1. The van der Waals surface area contributed by atoms with Crippen molar-refractivity contribution in [2.24, 2.45) is 0 Å². The van der Waals surface area contributed by atoms with Crippen LogP contribution < -0.4 is 16.0 Å². The molecule has 0 atom stereocenters. The molecule has 0 bridgehead atoms. The summed E-state index contributed by atoms with van der Waals surface area (Å²) >= 11 is 12.5. The zero-order valence-electron chi connectivity index (χ0n) is 20.3. The summed E-state index contributed by atoms with van der Waals surface area (Å²) in [5.41, 5.74) is 2.59. The highest BCUT2D eigenvalue weighted by atomic mass is 35.5. The van der Waals surface area contributed by atoms with Crippen LogP contribution in [0.3, 0.4) is 0 Å². The predicted molar refractivity (Wildman–Crippen MR) is 145 cm³/mol. The zero-order valence-corrected chi connectivity index (χ0v) is 21.8. The Kier molecular flexibility index (Phi) is 8.40. The molecule has 3 heterocycles. The smallest absolute Gasteiger partial charge is 0.271 e. The number of nitriles is 1. The molecule has 1 aromatic carbocycles. The Morgan fingerprint density at radius 1 is 1.08 bits per heavy atom. The minimum atomic E-state index is -0.267. The first kappa shape index (κ1) is 26.2. The number of aromatic nitrogens is 4. The van der Waals surface area contributed by atoms with Gasteiger partial charge in [0.25, 0.3) is 5.91 Å². The number of likely N-dealkylation sites (N-methyl/N-ethyl adjacent to an activating group) is 1. The fourth-order valence-corrected chi connectivity index (χ4v) is 3.98. The van der Waals surface area contributed by atoms with Gasteiger partial charge in [0.1, 0.15) is 23.2 Å². The van der Waals surface area contributed by atoms with E-state index in [0.717, 1.165) is 0 Å². The molecule has 37 heavy (non-hydrogen) atoms. The number of hydrogen-bond donors (Lipinski definition) is 3. The second kappa shape index (κ2) is 11.9. The molecule has 1 amide bonds. The monoisotopic (exact) mass is 537 g/mol. The first-order chi connectivity index (χ1) is 17.8. The van der Waals surface area contributed by atoms with Gasteiger partial charge in [-0.25, -0.2) is 15.0 Å². The fourth-order valence-electron chi connectivity index (χ4n) is 3.47. The lowest BCUT2D eigenvalue weighted by molar-refractivity contribution is 0.0946. The molecule has 0 aliphatic heterocycles. The Labute approximate surface area is 224 Å². The van der Waals surface area contributed by atoms with E-state index < -0.39 is 0 Å². The molecular formula is C25H25Cl2N9O. The molecule has 0 unspecified atom stereocenters. The Morgan fingerprint density at radius 2 is 1.89 bits per heavy atom. The molecule has 3 N–H and O–H groups in total. The molecule has 0 spiro atoms. The van der Waals surface area contributed by atoms with Crippen molar-refractivity contribution in [2.45, 2.75) is 0 Å². The lowest BCUT2D eigenvalue weighted by Gasteiger charge is -2.12. The summed E-state index contributed by atoms with van der Waals surface area (Å²) in [6.07, 6.45) is 3.16. The van der Waals surface area contributed by atoms with Gasteiger partial charge in [0, 0.05) is 55.2 Å². The Balaban J connectivity index is 1.57. The average molecular weight is 538 g/mol. The third-order valence-corrected chi connectivity index (χ3v) is 5.89. The Hall–Kier alpha value is -3.91. The van der Waals surface area contributed by atoms with Gasteiger partial charge in [-0.2, -0.15) is 5.26 Å². The molecule has 3 aromatic heterocycles. The largest absolute Gasteiger partial charge is 0.368 e. The number of rotatable bonds is 10. The highest BCUT2D eigenvalue weighted by molar-refractivity contribution is 6.36. The molecule has 0 saturated heterocycles. The van der Waals surface area contributed by atoms with E-state index in [1.54, 1.807) is 47.0 Å². The molecule has 0 saturated carbocycles. The average Bonchev–Trinajstić information content (AvgIpc) is 3.31. The van der Waals surface area contributed by atoms with Crippen molar-refractivity contribution >= 4 is 46.5 Å². The first-order valence-electron chi connectivity index (χ1n) is 11.5. The van der Waals surface area contributed by atoms with Gasteiger partial charge in [-0.1, -0.05) is 23.2 Å². The van der Waals surface area contributed by atoms with E-state index in [-0.39, 0.29) is 11.6 Å². The van der Waals surface area contributed by atoms with Gasteiger partial charge in [0.2, 0.25) is 5.95 Å². The van der Waals surface area contributed by atoms with Crippen LogP contribution in [0.4, 0.5) is 11.8 Å². The molecule has 10 nitrogen and oxygen atoms in total. The number of carbonyl (C=O) groups excluding carboxylic acids is 1. The summed E-state index contributed by atoms with van der Waals surface area (Å²) in [5, 5.41) is 19.3. The van der Waals surface area contributed by atoms with Gasteiger partial charge in [0.15, 0.2) is 0 Å². The maximum atomic E-state index is 12.7. The quantitative estimate of drug-likeness (QED) is 0.261. The molecule has 4 aromatic rings.